The molecule has 0 bridgehead atoms. The molecule has 0 unspecified atom stereocenters. The van der Waals surface area contributed by atoms with Crippen LogP contribution in [0.3, 0.4) is 0 Å². The van der Waals surface area contributed by atoms with Crippen molar-refractivity contribution >= 4 is 0 Å². The molecule has 3 nitrogen and oxygen atoms in total. The van der Waals surface area contributed by atoms with E-state index in [0.717, 1.165) is 32.6 Å². The van der Waals surface area contributed by atoms with Gasteiger partial charge in [-0.05, 0) is 32.6 Å². The minimum Gasteiger partial charge on any atom is -0.358 e. The maximum atomic E-state index is 3.82. The molecule has 0 radical (unpaired) electrons. The largest absolute Gasteiger partial charge is 0.358 e. The number of nitrogens with one attached hydrogen (secondary N) is 1. The summed E-state index contributed by atoms with van der Waals surface area (Å²) in [7, 11) is 0. The first kappa shape index (κ1) is 15.5. The third kappa shape index (κ3) is 3.27. The highest BCUT2D eigenvalue weighted by molar-refractivity contribution is 5.21. The van der Waals surface area contributed by atoms with Gasteiger partial charge in [0.25, 0.3) is 0 Å². The molecule has 106 valence electrons. The highest BCUT2D eigenvalue weighted by Crippen LogP contribution is 2.28. The fourth-order valence-corrected chi connectivity index (χ4v) is 2.99. The van der Waals surface area contributed by atoms with Crippen LogP contribution in [-0.4, -0.2) is 41.8 Å². The predicted octanol–water partition coefficient (Wildman–Crippen LogP) is 3.00. The van der Waals surface area contributed by atoms with Crippen LogP contribution in [0.2, 0.25) is 0 Å². The van der Waals surface area contributed by atoms with E-state index in [-0.39, 0.29) is 5.79 Å². The second-order valence-corrected chi connectivity index (χ2v) is 4.97. The van der Waals surface area contributed by atoms with E-state index in [1.165, 1.54) is 18.5 Å². The van der Waals surface area contributed by atoms with Crippen molar-refractivity contribution in [1.29, 1.82) is 0 Å². The maximum Gasteiger partial charge on any atom is 0.148 e. The first-order valence-electron chi connectivity index (χ1n) is 7.65. The van der Waals surface area contributed by atoms with Crippen LogP contribution in [0.1, 0.15) is 53.9 Å². The standard InChI is InChI=1S/C15H31N3/c1-6-13-15(16-14-11-12-14,17(7-2)8-3)18(9-4)10-5/h11,16H,6-10,12-13H2,1-5H3. The molecule has 0 fully saturated rings. The van der Waals surface area contributed by atoms with Gasteiger partial charge in [0.05, 0.1) is 0 Å². The van der Waals surface area contributed by atoms with Crippen LogP contribution in [0, 0.1) is 0 Å². The fourth-order valence-electron chi connectivity index (χ4n) is 2.99. The molecule has 0 amide bonds. The molecule has 0 saturated heterocycles. The van der Waals surface area contributed by atoms with Crippen molar-refractivity contribution in [2.24, 2.45) is 0 Å². The molecule has 3 heteroatoms. The summed E-state index contributed by atoms with van der Waals surface area (Å²) in [6.45, 7) is 15.7. The molecular formula is C15H31N3. The zero-order valence-corrected chi connectivity index (χ0v) is 12.9. The average molecular weight is 253 g/mol. The minimum atomic E-state index is 0.0179. The lowest BCUT2D eigenvalue weighted by atomic mass is 10.1. The number of hydrogen-bond donors (Lipinski definition) is 1. The Kier molecular flexibility index (Phi) is 6.16. The molecule has 0 spiro atoms. The van der Waals surface area contributed by atoms with Gasteiger partial charge in [-0.2, -0.15) is 0 Å². The van der Waals surface area contributed by atoms with Gasteiger partial charge in [-0.1, -0.05) is 47.1 Å². The minimum absolute atomic E-state index is 0.0179. The Morgan fingerprint density at radius 1 is 1.00 bits per heavy atom. The van der Waals surface area contributed by atoms with E-state index >= 15 is 0 Å². The smallest absolute Gasteiger partial charge is 0.148 e. The van der Waals surface area contributed by atoms with Gasteiger partial charge in [-0.3, -0.25) is 9.80 Å². The van der Waals surface area contributed by atoms with Gasteiger partial charge in [0, 0.05) is 12.1 Å². The van der Waals surface area contributed by atoms with Crippen LogP contribution in [0.5, 0.6) is 0 Å². The summed E-state index contributed by atoms with van der Waals surface area (Å²) < 4.78 is 0. The monoisotopic (exact) mass is 253 g/mol. The summed E-state index contributed by atoms with van der Waals surface area (Å²) in [5.74, 6) is 0.0179. The molecule has 0 atom stereocenters. The van der Waals surface area contributed by atoms with Gasteiger partial charge in [0.2, 0.25) is 0 Å². The number of hydrogen-bond acceptors (Lipinski definition) is 3. The van der Waals surface area contributed by atoms with E-state index in [9.17, 15) is 0 Å². The number of rotatable bonds is 10. The van der Waals surface area contributed by atoms with Gasteiger partial charge in [-0.15, -0.1) is 0 Å². The predicted molar refractivity (Wildman–Crippen MR) is 79.3 cm³/mol. The zero-order chi connectivity index (χ0) is 13.6. The van der Waals surface area contributed by atoms with E-state index in [0.29, 0.717) is 0 Å². The van der Waals surface area contributed by atoms with Crippen molar-refractivity contribution in [2.75, 3.05) is 26.2 Å². The molecule has 0 aromatic heterocycles. The Labute approximate surface area is 113 Å². The van der Waals surface area contributed by atoms with Gasteiger partial charge in [-0.25, -0.2) is 0 Å². The summed E-state index contributed by atoms with van der Waals surface area (Å²) >= 11 is 0. The molecular weight excluding hydrogens is 222 g/mol. The Balaban J connectivity index is 3.00. The number of allylic oxidation sites excluding steroid dienone is 2. The van der Waals surface area contributed by atoms with Crippen LogP contribution in [0.15, 0.2) is 11.8 Å². The van der Waals surface area contributed by atoms with E-state index in [1.807, 2.05) is 0 Å². The molecule has 1 aliphatic carbocycles. The SMILES string of the molecule is CCCC(NC1=CC1)(N(CC)CC)N(CC)CC. The Morgan fingerprint density at radius 2 is 1.44 bits per heavy atom. The summed E-state index contributed by atoms with van der Waals surface area (Å²) in [5, 5.41) is 3.82. The third-order valence-electron chi connectivity index (χ3n) is 3.94. The van der Waals surface area contributed by atoms with Crippen LogP contribution < -0.4 is 5.32 Å². The number of nitrogens with zero attached hydrogens (tertiary/aromatic N) is 2. The van der Waals surface area contributed by atoms with Gasteiger partial charge in [0.1, 0.15) is 5.79 Å². The summed E-state index contributed by atoms with van der Waals surface area (Å²) in [5.41, 5.74) is 1.42. The van der Waals surface area contributed by atoms with Crippen LogP contribution in [-0.2, 0) is 0 Å². The molecule has 0 saturated carbocycles. The Hall–Kier alpha value is -0.540. The summed E-state index contributed by atoms with van der Waals surface area (Å²) in [6.07, 6.45) is 5.81. The second kappa shape index (κ2) is 7.15. The topological polar surface area (TPSA) is 18.5 Å². The highest BCUT2D eigenvalue weighted by atomic mass is 15.5. The van der Waals surface area contributed by atoms with Crippen LogP contribution in [0.4, 0.5) is 0 Å². The summed E-state index contributed by atoms with van der Waals surface area (Å²) in [6, 6.07) is 0. The molecule has 0 aliphatic heterocycles. The van der Waals surface area contributed by atoms with Crippen molar-refractivity contribution in [3.05, 3.63) is 11.8 Å². The maximum absolute atomic E-state index is 3.82. The molecule has 0 aromatic carbocycles. The van der Waals surface area contributed by atoms with Crippen molar-refractivity contribution < 1.29 is 0 Å². The van der Waals surface area contributed by atoms with E-state index < -0.39 is 0 Å². The van der Waals surface area contributed by atoms with Crippen LogP contribution >= 0.6 is 0 Å². The highest BCUT2D eigenvalue weighted by Gasteiger charge is 2.40. The average Bonchev–Trinajstić information content (AvgIpc) is 3.16. The van der Waals surface area contributed by atoms with Crippen molar-refractivity contribution in [2.45, 2.75) is 59.7 Å². The van der Waals surface area contributed by atoms with Crippen molar-refractivity contribution in [3.8, 4) is 0 Å². The van der Waals surface area contributed by atoms with Gasteiger partial charge < -0.3 is 5.32 Å². The van der Waals surface area contributed by atoms with Crippen molar-refractivity contribution in [1.82, 2.24) is 15.1 Å². The molecule has 0 heterocycles. The lowest BCUT2D eigenvalue weighted by molar-refractivity contribution is -0.0762. The van der Waals surface area contributed by atoms with E-state index in [4.69, 9.17) is 0 Å². The lowest BCUT2D eigenvalue weighted by Crippen LogP contribution is -2.68. The van der Waals surface area contributed by atoms with Crippen molar-refractivity contribution in [3.63, 3.8) is 0 Å². The van der Waals surface area contributed by atoms with Gasteiger partial charge >= 0.3 is 0 Å². The summed E-state index contributed by atoms with van der Waals surface area (Å²) in [4.78, 5) is 5.14. The normalized spacial score (nSPS) is 15.2. The lowest BCUT2D eigenvalue weighted by Gasteiger charge is -2.50. The molecule has 1 aliphatic rings. The Morgan fingerprint density at radius 3 is 1.72 bits per heavy atom. The first-order valence-corrected chi connectivity index (χ1v) is 7.65. The Bertz CT molecular complexity index is 253. The first-order chi connectivity index (χ1) is 8.68. The molecule has 0 aromatic rings. The van der Waals surface area contributed by atoms with E-state index in [1.54, 1.807) is 0 Å². The zero-order valence-electron chi connectivity index (χ0n) is 12.9. The third-order valence-corrected chi connectivity index (χ3v) is 3.94. The second-order valence-electron chi connectivity index (χ2n) is 4.97. The van der Waals surface area contributed by atoms with Crippen LogP contribution in [0.25, 0.3) is 0 Å². The van der Waals surface area contributed by atoms with Gasteiger partial charge in [0.15, 0.2) is 0 Å². The fraction of sp³-hybridized carbons (Fsp3) is 0.867. The van der Waals surface area contributed by atoms with E-state index in [2.05, 4.69) is 55.8 Å². The molecule has 1 N–H and O–H groups in total. The quantitative estimate of drug-likeness (QED) is 0.604. The molecule has 18 heavy (non-hydrogen) atoms. The molecule has 1 rings (SSSR count).